The standard InChI is InChI=1S/C28H20N2O6/c1-32-19-9-11-22-20(15-19)21(26-28(31)36-27(30-26)17-6-4-3-5-7-17)16-24(35-22)18-8-10-23(34-13-12-29)25(14-18)33-2/h3-11,14-16H,13H2,1-2H3. The summed E-state index contributed by atoms with van der Waals surface area (Å²) in [5.74, 6) is 2.13. The third-order valence-electron chi connectivity index (χ3n) is 5.58. The summed E-state index contributed by atoms with van der Waals surface area (Å²) in [6, 6.07) is 21.7. The SMILES string of the molecule is COc1ccc2c(c1)C(=C1N=C(c3ccccc3)OC1=O)C=C(c1ccc(OCC#N)c(OC)c1)O2. The van der Waals surface area contributed by atoms with Crippen molar-refractivity contribution in [3.63, 3.8) is 0 Å². The van der Waals surface area contributed by atoms with Gasteiger partial charge in [-0.3, -0.25) is 0 Å². The minimum absolute atomic E-state index is 0.107. The van der Waals surface area contributed by atoms with Crippen LogP contribution in [0.15, 0.2) is 83.5 Å². The van der Waals surface area contributed by atoms with E-state index in [9.17, 15) is 4.79 Å². The maximum Gasteiger partial charge on any atom is 0.364 e. The highest BCUT2D eigenvalue weighted by Gasteiger charge is 2.31. The lowest BCUT2D eigenvalue weighted by atomic mass is 9.97. The Balaban J connectivity index is 1.65. The van der Waals surface area contributed by atoms with Gasteiger partial charge in [-0.25, -0.2) is 9.79 Å². The van der Waals surface area contributed by atoms with E-state index in [0.717, 1.165) is 0 Å². The van der Waals surface area contributed by atoms with Crippen molar-refractivity contribution in [2.75, 3.05) is 20.8 Å². The summed E-state index contributed by atoms with van der Waals surface area (Å²) >= 11 is 0. The molecule has 0 aliphatic carbocycles. The predicted octanol–water partition coefficient (Wildman–Crippen LogP) is 4.75. The lowest BCUT2D eigenvalue weighted by Gasteiger charge is -2.22. The number of nitrogens with zero attached hydrogens (tertiary/aromatic N) is 2. The van der Waals surface area contributed by atoms with Gasteiger partial charge in [0, 0.05) is 22.3 Å². The van der Waals surface area contributed by atoms with Gasteiger partial charge in [0.15, 0.2) is 23.8 Å². The van der Waals surface area contributed by atoms with E-state index < -0.39 is 5.97 Å². The third-order valence-corrected chi connectivity index (χ3v) is 5.58. The van der Waals surface area contributed by atoms with Gasteiger partial charge in [-0.15, -0.1) is 0 Å². The fraction of sp³-hybridized carbons (Fsp3) is 0.107. The number of nitriles is 1. The van der Waals surface area contributed by atoms with Crippen molar-refractivity contribution < 1.29 is 28.5 Å². The lowest BCUT2D eigenvalue weighted by molar-refractivity contribution is -0.129. The Morgan fingerprint density at radius 2 is 1.75 bits per heavy atom. The molecular weight excluding hydrogens is 460 g/mol. The number of aliphatic imine (C=N–C) groups is 1. The average molecular weight is 480 g/mol. The number of fused-ring (bicyclic) bond motifs is 1. The van der Waals surface area contributed by atoms with Gasteiger partial charge in [-0.1, -0.05) is 18.2 Å². The molecule has 8 nitrogen and oxygen atoms in total. The number of carbonyl (C=O) groups excluding carboxylic acids is 1. The molecule has 0 radical (unpaired) electrons. The van der Waals surface area contributed by atoms with Gasteiger partial charge < -0.3 is 23.7 Å². The summed E-state index contributed by atoms with van der Waals surface area (Å²) in [5, 5.41) is 8.82. The van der Waals surface area contributed by atoms with Gasteiger partial charge in [-0.05, 0) is 54.6 Å². The fourth-order valence-electron chi connectivity index (χ4n) is 3.86. The summed E-state index contributed by atoms with van der Waals surface area (Å²) in [6.45, 7) is -0.107. The van der Waals surface area contributed by atoms with Crippen molar-refractivity contribution in [1.82, 2.24) is 0 Å². The van der Waals surface area contributed by atoms with Gasteiger partial charge >= 0.3 is 5.97 Å². The Bertz CT molecular complexity index is 1480. The molecule has 0 aromatic heterocycles. The highest BCUT2D eigenvalue weighted by Crippen LogP contribution is 2.42. The number of esters is 1. The van der Waals surface area contributed by atoms with E-state index in [4.69, 9.17) is 28.9 Å². The quantitative estimate of drug-likeness (QED) is 0.371. The van der Waals surface area contributed by atoms with Crippen LogP contribution in [0.25, 0.3) is 11.3 Å². The zero-order valence-corrected chi connectivity index (χ0v) is 19.5. The number of allylic oxidation sites excluding steroid dienone is 2. The zero-order chi connectivity index (χ0) is 25.1. The second kappa shape index (κ2) is 9.68. The second-order valence-corrected chi connectivity index (χ2v) is 7.72. The maximum atomic E-state index is 13.0. The van der Waals surface area contributed by atoms with Crippen molar-refractivity contribution in [2.45, 2.75) is 0 Å². The normalized spacial score (nSPS) is 16.1. The van der Waals surface area contributed by atoms with Crippen LogP contribution in [-0.4, -0.2) is 32.7 Å². The smallest absolute Gasteiger partial charge is 0.364 e. The van der Waals surface area contributed by atoms with Crippen LogP contribution in [0.1, 0.15) is 16.7 Å². The van der Waals surface area contributed by atoms with Gasteiger partial charge in [0.25, 0.3) is 0 Å². The van der Waals surface area contributed by atoms with E-state index in [1.807, 2.05) is 36.4 Å². The molecule has 0 N–H and O–H groups in total. The second-order valence-electron chi connectivity index (χ2n) is 7.72. The largest absolute Gasteiger partial charge is 0.497 e. The fourth-order valence-corrected chi connectivity index (χ4v) is 3.86. The number of carbonyl (C=O) groups is 1. The van der Waals surface area contributed by atoms with Gasteiger partial charge in [-0.2, -0.15) is 5.26 Å². The molecule has 0 saturated carbocycles. The molecule has 2 heterocycles. The summed E-state index contributed by atoms with van der Waals surface area (Å²) in [5.41, 5.74) is 2.70. The van der Waals surface area contributed by atoms with E-state index in [0.29, 0.717) is 51.0 Å². The molecule has 0 atom stereocenters. The predicted molar refractivity (Wildman–Crippen MR) is 132 cm³/mol. The number of hydrogen-bond donors (Lipinski definition) is 0. The Hall–Kier alpha value is -5.03. The number of cyclic esters (lactones) is 1. The highest BCUT2D eigenvalue weighted by molar-refractivity contribution is 6.15. The molecule has 0 spiro atoms. The maximum absolute atomic E-state index is 13.0. The molecule has 5 rings (SSSR count). The lowest BCUT2D eigenvalue weighted by Crippen LogP contribution is -2.09. The summed E-state index contributed by atoms with van der Waals surface area (Å²) in [6.07, 6.45) is 1.74. The van der Waals surface area contributed by atoms with Gasteiger partial charge in [0.05, 0.1) is 14.2 Å². The van der Waals surface area contributed by atoms with Crippen molar-refractivity contribution in [2.24, 2.45) is 4.99 Å². The first-order chi connectivity index (χ1) is 17.6. The Labute approximate surface area is 207 Å². The average Bonchev–Trinajstić information content (AvgIpc) is 3.32. The molecule has 0 bridgehead atoms. The molecule has 8 heteroatoms. The molecule has 0 unspecified atom stereocenters. The Kier molecular flexibility index (Phi) is 6.12. The van der Waals surface area contributed by atoms with Crippen LogP contribution >= 0.6 is 0 Å². The third kappa shape index (κ3) is 4.26. The van der Waals surface area contributed by atoms with Crippen LogP contribution < -0.4 is 18.9 Å². The first kappa shape index (κ1) is 22.7. The minimum atomic E-state index is -0.562. The number of benzene rings is 3. The highest BCUT2D eigenvalue weighted by atomic mass is 16.6. The van der Waals surface area contributed by atoms with Gasteiger partial charge in [0.2, 0.25) is 5.90 Å². The number of methoxy groups -OCH3 is 2. The molecule has 36 heavy (non-hydrogen) atoms. The zero-order valence-electron chi connectivity index (χ0n) is 19.5. The van der Waals surface area contributed by atoms with Crippen LogP contribution in [0.3, 0.4) is 0 Å². The van der Waals surface area contributed by atoms with E-state index in [2.05, 4.69) is 4.99 Å². The number of rotatable bonds is 6. The topological polar surface area (TPSA) is 99.4 Å². The molecular formula is C28H20N2O6. The van der Waals surface area contributed by atoms with Gasteiger partial charge in [0.1, 0.15) is 23.3 Å². The summed E-state index contributed by atoms with van der Waals surface area (Å²) < 4.78 is 28.0. The van der Waals surface area contributed by atoms with Crippen molar-refractivity contribution in [1.29, 1.82) is 5.26 Å². The molecule has 3 aromatic carbocycles. The first-order valence-corrected chi connectivity index (χ1v) is 11.0. The summed E-state index contributed by atoms with van der Waals surface area (Å²) in [7, 11) is 3.08. The number of ether oxygens (including phenoxy) is 5. The van der Waals surface area contributed by atoms with Crippen molar-refractivity contribution >= 4 is 23.2 Å². The molecule has 2 aliphatic rings. The molecule has 178 valence electrons. The monoisotopic (exact) mass is 480 g/mol. The van der Waals surface area contributed by atoms with Crippen LogP contribution in [0, 0.1) is 11.3 Å². The Morgan fingerprint density at radius 3 is 2.50 bits per heavy atom. The number of hydrogen-bond acceptors (Lipinski definition) is 8. The molecule has 0 fully saturated rings. The summed E-state index contributed by atoms with van der Waals surface area (Å²) in [4.78, 5) is 17.5. The van der Waals surface area contributed by atoms with E-state index in [-0.39, 0.29) is 18.2 Å². The molecule has 2 aliphatic heterocycles. The van der Waals surface area contributed by atoms with Crippen molar-refractivity contribution in [3.05, 3.63) is 95.2 Å². The minimum Gasteiger partial charge on any atom is -0.497 e. The van der Waals surface area contributed by atoms with Crippen LogP contribution in [0.5, 0.6) is 23.0 Å². The van der Waals surface area contributed by atoms with E-state index >= 15 is 0 Å². The van der Waals surface area contributed by atoms with Crippen molar-refractivity contribution in [3.8, 4) is 29.1 Å². The first-order valence-electron chi connectivity index (χ1n) is 11.0. The van der Waals surface area contributed by atoms with E-state index in [1.165, 1.54) is 7.11 Å². The molecule has 0 saturated heterocycles. The van der Waals surface area contributed by atoms with E-state index in [1.54, 1.807) is 49.6 Å². The molecule has 3 aromatic rings. The van der Waals surface area contributed by atoms with Crippen LogP contribution in [-0.2, 0) is 9.53 Å². The van der Waals surface area contributed by atoms with Crippen LogP contribution in [0.2, 0.25) is 0 Å². The molecule has 0 amide bonds. The Morgan fingerprint density at radius 1 is 0.917 bits per heavy atom. The van der Waals surface area contributed by atoms with Crippen LogP contribution in [0.4, 0.5) is 0 Å².